The second-order valence-electron chi connectivity index (χ2n) is 10.2. The van der Waals surface area contributed by atoms with E-state index in [4.69, 9.17) is 24.1 Å². The molecule has 2 aromatic heterocycles. The van der Waals surface area contributed by atoms with Crippen LogP contribution in [0.1, 0.15) is 5.69 Å². The number of fused-ring (bicyclic) bond motifs is 2. The van der Waals surface area contributed by atoms with Crippen molar-refractivity contribution in [3.63, 3.8) is 0 Å². The van der Waals surface area contributed by atoms with Gasteiger partial charge < -0.3 is 24.1 Å². The van der Waals surface area contributed by atoms with Crippen molar-refractivity contribution in [2.75, 3.05) is 72.0 Å². The molecule has 0 aliphatic carbocycles. The van der Waals surface area contributed by atoms with E-state index in [1.54, 1.807) is 25.1 Å². The van der Waals surface area contributed by atoms with Crippen molar-refractivity contribution in [2.24, 2.45) is 0 Å². The van der Waals surface area contributed by atoms with Crippen LogP contribution in [0.3, 0.4) is 0 Å². The number of piperazine rings is 1. The number of carbonyl (C=O) groups excluding carboxylic acids is 1. The number of β-amino-alcohol motifs (C(OH)–C–C–N with tert-alkyl or cyclic N) is 1. The number of aryl methyl sites for hydroxylation is 1. The number of carbonyl (C=O) groups is 1. The van der Waals surface area contributed by atoms with Gasteiger partial charge in [-0.15, -0.1) is 0 Å². The Hall–Kier alpha value is -4.54. The van der Waals surface area contributed by atoms with E-state index in [0.717, 1.165) is 26.2 Å². The molecule has 5 rings (SSSR count). The predicted molar refractivity (Wildman–Crippen MR) is 157 cm³/mol. The highest BCUT2D eigenvalue weighted by Crippen LogP contribution is 2.34. The van der Waals surface area contributed by atoms with Gasteiger partial charge in [0, 0.05) is 50.7 Å². The summed E-state index contributed by atoms with van der Waals surface area (Å²) in [5, 5.41) is 12.6. The first-order chi connectivity index (χ1) is 21.6. The van der Waals surface area contributed by atoms with Crippen LogP contribution in [0.5, 0.6) is 23.1 Å². The third-order valence-corrected chi connectivity index (χ3v) is 7.23. The number of esters is 1. The minimum atomic E-state index is -5.25. The van der Waals surface area contributed by atoms with Gasteiger partial charge in [-0.2, -0.15) is 18.2 Å². The van der Waals surface area contributed by atoms with Crippen molar-refractivity contribution in [3.05, 3.63) is 36.0 Å². The molecule has 4 aromatic rings. The number of ether oxygens (including phenoxy) is 4. The molecule has 0 spiro atoms. The maximum absolute atomic E-state index is 13.2. The monoisotopic (exact) mass is 631 g/mol. The highest BCUT2D eigenvalue weighted by atomic mass is 19.4. The number of hydrogen-bond acceptors (Lipinski definition) is 13. The second kappa shape index (κ2) is 13.6. The number of methoxy groups -OCH3 is 2. The fraction of sp³-hybridized carbons (Fsp3) is 0.414. The van der Waals surface area contributed by atoms with Gasteiger partial charge in [-0.05, 0) is 31.2 Å². The second-order valence-corrected chi connectivity index (χ2v) is 10.2. The number of nitrogens with one attached hydrogen (secondary N) is 1. The summed E-state index contributed by atoms with van der Waals surface area (Å²) in [5.41, 5.74) is 1.26. The number of halogens is 3. The van der Waals surface area contributed by atoms with Gasteiger partial charge in [0.1, 0.15) is 12.4 Å². The van der Waals surface area contributed by atoms with E-state index in [1.165, 1.54) is 26.4 Å². The first-order valence-electron chi connectivity index (χ1n) is 14.0. The van der Waals surface area contributed by atoms with E-state index in [-0.39, 0.29) is 29.4 Å². The average Bonchev–Trinajstić information content (AvgIpc) is 3.01. The molecule has 45 heavy (non-hydrogen) atoms. The molecule has 16 heteroatoms. The number of aliphatic hydroxyl groups is 1. The maximum Gasteiger partial charge on any atom is 0.491 e. The highest BCUT2D eigenvalue weighted by Gasteiger charge is 2.42. The Morgan fingerprint density at radius 2 is 1.53 bits per heavy atom. The van der Waals surface area contributed by atoms with Gasteiger partial charge >= 0.3 is 12.1 Å². The van der Waals surface area contributed by atoms with Gasteiger partial charge in [0.05, 0.1) is 42.9 Å². The molecule has 0 saturated carbocycles. The van der Waals surface area contributed by atoms with Gasteiger partial charge in [-0.25, -0.2) is 19.7 Å². The van der Waals surface area contributed by atoms with Crippen LogP contribution in [0.15, 0.2) is 30.3 Å². The van der Waals surface area contributed by atoms with E-state index in [2.05, 4.69) is 35.1 Å². The Morgan fingerprint density at radius 3 is 2.20 bits per heavy atom. The summed E-state index contributed by atoms with van der Waals surface area (Å²) < 4.78 is 60.7. The summed E-state index contributed by atoms with van der Waals surface area (Å²) in [6.07, 6.45) is -5.25. The molecule has 1 aliphatic heterocycles. The first kappa shape index (κ1) is 31.9. The summed E-state index contributed by atoms with van der Waals surface area (Å²) in [4.78, 5) is 33.5. The molecule has 13 nitrogen and oxygen atoms in total. The molecule has 240 valence electrons. The van der Waals surface area contributed by atoms with Crippen molar-refractivity contribution in [3.8, 4) is 23.1 Å². The molecule has 2 N–H and O–H groups in total. The van der Waals surface area contributed by atoms with Crippen LogP contribution in [-0.2, 0) is 4.79 Å². The SMILES string of the molecule is COc1cc2nc(Nc3nc(OC(=O)C(F)(F)F)c4cc(OCCN5CCN(CCO)CC5)ccc4n3)nc(C)c2cc1OC. The van der Waals surface area contributed by atoms with Gasteiger partial charge in [0.2, 0.25) is 17.8 Å². The minimum absolute atomic E-state index is 0.0423. The summed E-state index contributed by atoms with van der Waals surface area (Å²) in [7, 11) is 3.00. The van der Waals surface area contributed by atoms with Crippen LogP contribution >= 0.6 is 0 Å². The lowest BCUT2D eigenvalue weighted by atomic mass is 10.1. The van der Waals surface area contributed by atoms with Crippen LogP contribution in [0.2, 0.25) is 0 Å². The van der Waals surface area contributed by atoms with Gasteiger partial charge in [-0.3, -0.25) is 15.1 Å². The van der Waals surface area contributed by atoms with Crippen molar-refractivity contribution in [2.45, 2.75) is 13.1 Å². The number of hydrogen-bond donors (Lipinski definition) is 2. The summed E-state index contributed by atoms with van der Waals surface area (Å²) in [6, 6.07) is 7.95. The zero-order valence-corrected chi connectivity index (χ0v) is 24.8. The van der Waals surface area contributed by atoms with Gasteiger partial charge in [0.25, 0.3) is 0 Å². The number of aromatic nitrogens is 4. The van der Waals surface area contributed by atoms with E-state index < -0.39 is 18.0 Å². The van der Waals surface area contributed by atoms with Crippen LogP contribution < -0.4 is 24.3 Å². The van der Waals surface area contributed by atoms with Crippen LogP contribution in [0.25, 0.3) is 21.8 Å². The molecule has 0 radical (unpaired) electrons. The number of nitrogens with zero attached hydrogens (tertiary/aromatic N) is 6. The third kappa shape index (κ3) is 7.58. The molecule has 1 aliphatic rings. The number of alkyl halides is 3. The standard InChI is InChI=1S/C29H32F3N7O6/c1-17-19-15-23(42-2)24(43-3)16-22(19)35-27(33-17)37-28-34-21-5-4-18(14-20(21)25(36-28)45-26(41)29(30,31)32)44-13-11-39-8-6-38(7-9-39)10-12-40/h4-5,14-16,40H,6-13H2,1-3H3,(H,33,34,35,36,37). The number of benzene rings is 2. The summed E-state index contributed by atoms with van der Waals surface area (Å²) >= 11 is 0. The average molecular weight is 632 g/mol. The molecule has 0 atom stereocenters. The minimum Gasteiger partial charge on any atom is -0.493 e. The Morgan fingerprint density at radius 1 is 0.889 bits per heavy atom. The fourth-order valence-electron chi connectivity index (χ4n) is 4.88. The van der Waals surface area contributed by atoms with Gasteiger partial charge in [-0.1, -0.05) is 0 Å². The smallest absolute Gasteiger partial charge is 0.491 e. The van der Waals surface area contributed by atoms with Crippen LogP contribution in [0, 0.1) is 6.92 Å². The van der Waals surface area contributed by atoms with Crippen molar-refractivity contribution in [1.82, 2.24) is 29.7 Å². The van der Waals surface area contributed by atoms with Crippen LogP contribution in [-0.4, -0.2) is 114 Å². The Bertz CT molecular complexity index is 1680. The predicted octanol–water partition coefficient (Wildman–Crippen LogP) is 3.10. The van der Waals surface area contributed by atoms with Crippen LogP contribution in [0.4, 0.5) is 25.1 Å². The summed E-state index contributed by atoms with van der Waals surface area (Å²) in [6.45, 7) is 6.78. The lowest BCUT2D eigenvalue weighted by molar-refractivity contribution is -0.189. The maximum atomic E-state index is 13.2. The molecule has 0 bridgehead atoms. The Labute approximate surface area is 255 Å². The highest BCUT2D eigenvalue weighted by molar-refractivity contribution is 5.90. The summed E-state index contributed by atoms with van der Waals surface area (Å²) in [5.74, 6) is -1.91. The number of anilines is 2. The molecule has 3 heterocycles. The zero-order chi connectivity index (χ0) is 32.1. The fourth-order valence-corrected chi connectivity index (χ4v) is 4.88. The van der Waals surface area contributed by atoms with Crippen molar-refractivity contribution >= 4 is 39.7 Å². The molecular weight excluding hydrogens is 599 g/mol. The molecule has 0 unspecified atom stereocenters. The van der Waals surface area contributed by atoms with Gasteiger partial charge in [0.15, 0.2) is 11.5 Å². The van der Waals surface area contributed by atoms with Crippen molar-refractivity contribution < 1.29 is 42.0 Å². The quantitative estimate of drug-likeness (QED) is 0.234. The number of aliphatic hydroxyl groups excluding tert-OH is 1. The van der Waals surface area contributed by atoms with E-state index in [0.29, 0.717) is 53.5 Å². The van der Waals surface area contributed by atoms with E-state index in [1.807, 2.05) is 0 Å². The molecular formula is C29H32F3N7O6. The molecule has 1 saturated heterocycles. The molecule has 1 fully saturated rings. The Balaban J connectivity index is 1.39. The van der Waals surface area contributed by atoms with Crippen molar-refractivity contribution in [1.29, 1.82) is 0 Å². The lowest BCUT2D eigenvalue weighted by Crippen LogP contribution is -2.48. The number of rotatable bonds is 11. The van der Waals surface area contributed by atoms with E-state index >= 15 is 0 Å². The zero-order valence-electron chi connectivity index (χ0n) is 24.8. The largest absolute Gasteiger partial charge is 0.493 e. The third-order valence-electron chi connectivity index (χ3n) is 7.23. The molecule has 2 aromatic carbocycles. The van der Waals surface area contributed by atoms with E-state index in [9.17, 15) is 18.0 Å². The first-order valence-corrected chi connectivity index (χ1v) is 14.0. The lowest BCUT2D eigenvalue weighted by Gasteiger charge is -2.34. The molecule has 0 amide bonds. The topological polar surface area (TPSA) is 144 Å². The normalized spacial score (nSPS) is 14.5. The Kier molecular flexibility index (Phi) is 9.65.